The van der Waals surface area contributed by atoms with Crippen LogP contribution in [0.25, 0.3) is 77.2 Å². The van der Waals surface area contributed by atoms with Crippen molar-refractivity contribution >= 4 is 43.6 Å². The summed E-state index contributed by atoms with van der Waals surface area (Å²) in [6.45, 7) is 0. The topological polar surface area (TPSA) is 81.2 Å². The lowest BCUT2D eigenvalue weighted by molar-refractivity contribution is 1.17. The van der Waals surface area contributed by atoms with Crippen molar-refractivity contribution in [3.8, 4) is 51.8 Å². The predicted molar refractivity (Wildman–Crippen MR) is 200 cm³/mol. The van der Waals surface area contributed by atoms with Crippen molar-refractivity contribution in [1.82, 2.24) is 9.13 Å². The van der Waals surface area contributed by atoms with E-state index in [0.717, 1.165) is 77.2 Å². The van der Waals surface area contributed by atoms with Crippen LogP contribution < -0.4 is 0 Å². The Bertz CT molecular complexity index is 2960. The summed E-state index contributed by atoms with van der Waals surface area (Å²) < 4.78 is 4.38. The second kappa shape index (κ2) is 11.4. The van der Waals surface area contributed by atoms with Crippen molar-refractivity contribution in [2.24, 2.45) is 0 Å². The number of hydrogen-bond acceptors (Lipinski definition) is 3. The molecule has 0 atom stereocenters. The molecule has 50 heavy (non-hydrogen) atoms. The molecule has 7 aromatic carbocycles. The Morgan fingerprint density at radius 1 is 0.400 bits per heavy atom. The van der Waals surface area contributed by atoms with Crippen LogP contribution in [-0.2, 0) is 0 Å². The van der Waals surface area contributed by atoms with Gasteiger partial charge in [0.1, 0.15) is 6.07 Å². The molecule has 5 nitrogen and oxygen atoms in total. The highest BCUT2D eigenvalue weighted by Crippen LogP contribution is 2.41. The van der Waals surface area contributed by atoms with Crippen molar-refractivity contribution in [3.05, 3.63) is 168 Å². The van der Waals surface area contributed by atoms with E-state index in [0.29, 0.717) is 16.7 Å². The number of hydrogen-bond donors (Lipinski definition) is 0. The first-order valence-electron chi connectivity index (χ1n) is 16.3. The summed E-state index contributed by atoms with van der Waals surface area (Å²) in [5.74, 6) is 0. The van der Waals surface area contributed by atoms with E-state index in [-0.39, 0.29) is 0 Å². The largest absolute Gasteiger partial charge is 0.309 e. The molecule has 2 heterocycles. The predicted octanol–water partition coefficient (Wildman–Crippen LogP) is 10.8. The Morgan fingerprint density at radius 3 is 1.74 bits per heavy atom. The van der Waals surface area contributed by atoms with Gasteiger partial charge < -0.3 is 9.13 Å². The third-order valence-electron chi connectivity index (χ3n) is 9.64. The molecule has 0 saturated carbocycles. The van der Waals surface area contributed by atoms with Crippen LogP contribution >= 0.6 is 0 Å². The molecule has 0 bridgehead atoms. The van der Waals surface area contributed by atoms with Crippen LogP contribution in [0, 0.1) is 34.0 Å². The third kappa shape index (κ3) is 4.31. The maximum absolute atomic E-state index is 10.2. The fraction of sp³-hybridized carbons (Fsp3) is 0. The van der Waals surface area contributed by atoms with Crippen LogP contribution in [-0.4, -0.2) is 9.13 Å². The summed E-state index contributed by atoms with van der Waals surface area (Å²) >= 11 is 0. The van der Waals surface area contributed by atoms with Gasteiger partial charge in [-0.25, -0.2) is 0 Å². The monoisotopic (exact) mass is 635 g/mol. The van der Waals surface area contributed by atoms with Gasteiger partial charge in [-0.15, -0.1) is 0 Å². The molecule has 0 radical (unpaired) electrons. The molecular weight excluding hydrogens is 611 g/mol. The Labute approximate surface area is 287 Å². The third-order valence-corrected chi connectivity index (χ3v) is 9.64. The average molecular weight is 636 g/mol. The molecule has 0 amide bonds. The van der Waals surface area contributed by atoms with Crippen molar-refractivity contribution < 1.29 is 0 Å². The van der Waals surface area contributed by atoms with Gasteiger partial charge in [-0.1, -0.05) is 91.0 Å². The Kier molecular flexibility index (Phi) is 6.56. The molecule has 0 aliphatic carbocycles. The quantitative estimate of drug-likeness (QED) is 0.193. The molecule has 0 spiro atoms. The summed E-state index contributed by atoms with van der Waals surface area (Å²) in [4.78, 5) is 0. The van der Waals surface area contributed by atoms with E-state index < -0.39 is 0 Å². The zero-order chi connectivity index (χ0) is 33.8. The fourth-order valence-corrected chi connectivity index (χ4v) is 7.45. The molecule has 9 rings (SSSR count). The Morgan fingerprint density at radius 2 is 1.00 bits per heavy atom. The van der Waals surface area contributed by atoms with E-state index in [1.165, 1.54) is 0 Å². The lowest BCUT2D eigenvalue weighted by Gasteiger charge is -2.18. The van der Waals surface area contributed by atoms with E-state index in [4.69, 9.17) is 0 Å². The molecule has 0 N–H and O–H groups in total. The van der Waals surface area contributed by atoms with Crippen molar-refractivity contribution in [3.63, 3.8) is 0 Å². The molecule has 9 aromatic rings. The van der Waals surface area contributed by atoms with Gasteiger partial charge in [-0.05, 0) is 77.4 Å². The van der Waals surface area contributed by atoms with E-state index >= 15 is 0 Å². The summed E-state index contributed by atoms with van der Waals surface area (Å²) in [6, 6.07) is 57.9. The van der Waals surface area contributed by atoms with Gasteiger partial charge in [-0.3, -0.25) is 0 Å². The smallest absolute Gasteiger partial charge is 0.101 e. The highest BCUT2D eigenvalue weighted by Gasteiger charge is 2.20. The lowest BCUT2D eigenvalue weighted by Crippen LogP contribution is -2.00. The van der Waals surface area contributed by atoms with Gasteiger partial charge >= 0.3 is 0 Å². The second-order valence-corrected chi connectivity index (χ2v) is 12.3. The van der Waals surface area contributed by atoms with E-state index in [1.807, 2.05) is 84.9 Å². The molecule has 0 aliphatic heterocycles. The van der Waals surface area contributed by atoms with E-state index in [1.54, 1.807) is 0 Å². The maximum Gasteiger partial charge on any atom is 0.101 e. The Hall–Kier alpha value is -7.39. The molecule has 2 aromatic heterocycles. The minimum atomic E-state index is 0.541. The van der Waals surface area contributed by atoms with Gasteiger partial charge in [0.15, 0.2) is 0 Å². The van der Waals surface area contributed by atoms with Gasteiger partial charge in [0.05, 0.1) is 56.6 Å². The zero-order valence-electron chi connectivity index (χ0n) is 26.7. The average Bonchev–Trinajstić information content (AvgIpc) is 3.70. The van der Waals surface area contributed by atoms with Crippen molar-refractivity contribution in [2.45, 2.75) is 0 Å². The fourth-order valence-electron chi connectivity index (χ4n) is 7.45. The first-order chi connectivity index (χ1) is 24.7. The molecular formula is C45H25N5. The minimum Gasteiger partial charge on any atom is -0.309 e. The van der Waals surface area contributed by atoms with E-state index in [2.05, 4.69) is 94.1 Å². The van der Waals surface area contributed by atoms with Crippen LogP contribution in [0.5, 0.6) is 0 Å². The van der Waals surface area contributed by atoms with Crippen molar-refractivity contribution in [2.75, 3.05) is 0 Å². The van der Waals surface area contributed by atoms with Gasteiger partial charge in [0, 0.05) is 32.8 Å². The van der Waals surface area contributed by atoms with Crippen LogP contribution in [0.1, 0.15) is 16.7 Å². The zero-order valence-corrected chi connectivity index (χ0v) is 26.7. The Balaban J connectivity index is 1.24. The molecule has 0 aliphatic rings. The molecule has 5 heteroatoms. The first kappa shape index (κ1) is 28.8. The molecule has 0 unspecified atom stereocenters. The number of nitrogens with zero attached hydrogens (tertiary/aromatic N) is 5. The highest BCUT2D eigenvalue weighted by molar-refractivity contribution is 6.12. The van der Waals surface area contributed by atoms with Gasteiger partial charge in [0.2, 0.25) is 0 Å². The normalized spacial score (nSPS) is 11.1. The maximum atomic E-state index is 10.2. The van der Waals surface area contributed by atoms with Crippen LogP contribution in [0.2, 0.25) is 0 Å². The number of benzene rings is 7. The summed E-state index contributed by atoms with van der Waals surface area (Å²) in [5, 5.41) is 34.0. The minimum absolute atomic E-state index is 0.541. The second-order valence-electron chi connectivity index (χ2n) is 12.3. The summed E-state index contributed by atoms with van der Waals surface area (Å²) in [5.41, 5.74) is 11.6. The summed E-state index contributed by atoms with van der Waals surface area (Å²) in [7, 11) is 0. The van der Waals surface area contributed by atoms with Gasteiger partial charge in [-0.2, -0.15) is 15.8 Å². The SMILES string of the molecule is N#Cc1ccc(-c2ccccc2-c2ccc(-n3c4ccccc4c4cc(C#N)ccc43)cc2)c(-n2c3ccccc3c3cccc(C#N)c32)c1. The highest BCUT2D eigenvalue weighted by atomic mass is 15.0. The van der Waals surface area contributed by atoms with Crippen LogP contribution in [0.15, 0.2) is 152 Å². The van der Waals surface area contributed by atoms with Crippen molar-refractivity contribution in [1.29, 1.82) is 15.8 Å². The lowest BCUT2D eigenvalue weighted by atomic mass is 9.92. The number of rotatable bonds is 4. The molecule has 0 fully saturated rings. The summed E-state index contributed by atoms with van der Waals surface area (Å²) in [6.07, 6.45) is 0. The molecule has 230 valence electrons. The first-order valence-corrected chi connectivity index (χ1v) is 16.3. The number of aromatic nitrogens is 2. The number of nitriles is 3. The standard InChI is InChI=1S/C45H25N5/c46-26-29-17-23-43-40(24-29)37-12-4-5-14-41(37)49(43)33-20-18-31(19-21-33)34-9-1-2-10-35(34)38-22-16-30(27-47)25-44(38)50-42-15-6-3-11-36(42)39-13-7-8-32(28-48)45(39)50/h1-25H. The van der Waals surface area contributed by atoms with Crippen LogP contribution in [0.4, 0.5) is 0 Å². The van der Waals surface area contributed by atoms with Gasteiger partial charge in [0.25, 0.3) is 0 Å². The molecule has 0 saturated heterocycles. The number of fused-ring (bicyclic) bond motifs is 6. The van der Waals surface area contributed by atoms with Crippen LogP contribution in [0.3, 0.4) is 0 Å². The van der Waals surface area contributed by atoms with E-state index in [9.17, 15) is 15.8 Å². The number of para-hydroxylation sites is 3.